The quantitative estimate of drug-likeness (QED) is 0.794. The predicted octanol–water partition coefficient (Wildman–Crippen LogP) is 4.22. The van der Waals surface area contributed by atoms with Crippen LogP contribution >= 0.6 is 0 Å². The van der Waals surface area contributed by atoms with E-state index in [4.69, 9.17) is 0 Å². The highest BCUT2D eigenvalue weighted by atomic mass is 16.1. The molecule has 0 atom stereocenters. The van der Waals surface area contributed by atoms with Gasteiger partial charge in [0.05, 0.1) is 0 Å². The number of hydrogen-bond donors (Lipinski definition) is 1. The van der Waals surface area contributed by atoms with Crippen molar-refractivity contribution in [1.29, 1.82) is 0 Å². The molecule has 1 N–H and O–H groups in total. The van der Waals surface area contributed by atoms with Crippen LogP contribution in [0.1, 0.15) is 40.5 Å². The fourth-order valence-corrected chi connectivity index (χ4v) is 2.62. The highest BCUT2D eigenvalue weighted by Crippen LogP contribution is 2.35. The van der Waals surface area contributed by atoms with Crippen LogP contribution < -0.4 is 10.2 Å². The third-order valence-corrected chi connectivity index (χ3v) is 4.01. The van der Waals surface area contributed by atoms with Crippen LogP contribution in [0.5, 0.6) is 0 Å². The number of benzene rings is 1. The first-order chi connectivity index (χ1) is 10.0. The van der Waals surface area contributed by atoms with Crippen LogP contribution in [-0.2, 0) is 4.79 Å². The summed E-state index contributed by atoms with van der Waals surface area (Å²) < 4.78 is 0. The second-order valence-electron chi connectivity index (χ2n) is 6.08. The van der Waals surface area contributed by atoms with E-state index < -0.39 is 0 Å². The monoisotopic (exact) mass is 286 g/mol. The Hall–Kier alpha value is -1.77. The van der Waals surface area contributed by atoms with E-state index in [-0.39, 0.29) is 5.91 Å². The Bertz CT molecular complexity index is 513. The van der Waals surface area contributed by atoms with Crippen molar-refractivity contribution in [2.45, 2.75) is 46.6 Å². The van der Waals surface area contributed by atoms with Crippen LogP contribution in [0.15, 0.2) is 35.9 Å². The highest BCUT2D eigenvalue weighted by Gasteiger charge is 2.23. The molecule has 1 aromatic rings. The van der Waals surface area contributed by atoms with E-state index in [1.165, 1.54) is 24.1 Å². The van der Waals surface area contributed by atoms with Gasteiger partial charge in [-0.15, -0.1) is 0 Å². The van der Waals surface area contributed by atoms with Gasteiger partial charge in [0.2, 0.25) is 5.91 Å². The first kappa shape index (κ1) is 15.6. The number of carbonyl (C=O) groups excluding carboxylic acids is 1. The first-order valence-electron chi connectivity index (χ1n) is 7.87. The Morgan fingerprint density at radius 2 is 1.95 bits per heavy atom. The molecular formula is C18H26N2O. The predicted molar refractivity (Wildman–Crippen MR) is 89.7 cm³/mol. The van der Waals surface area contributed by atoms with Gasteiger partial charge in [0, 0.05) is 30.0 Å². The number of nitrogens with one attached hydrogen (secondary N) is 1. The molecule has 0 heterocycles. The lowest BCUT2D eigenvalue weighted by atomic mass is 10.2. The van der Waals surface area contributed by atoms with Crippen molar-refractivity contribution in [3.8, 4) is 0 Å². The normalized spacial score (nSPS) is 15.2. The lowest BCUT2D eigenvalue weighted by Gasteiger charge is -2.27. The average Bonchev–Trinajstić information content (AvgIpc) is 3.25. The van der Waals surface area contributed by atoms with E-state index in [2.05, 4.69) is 43.1 Å². The molecule has 0 bridgehead atoms. The van der Waals surface area contributed by atoms with Crippen molar-refractivity contribution in [3.63, 3.8) is 0 Å². The van der Waals surface area contributed by atoms with Gasteiger partial charge in [-0.2, -0.15) is 0 Å². The third kappa shape index (κ3) is 4.35. The van der Waals surface area contributed by atoms with E-state index in [0.29, 0.717) is 12.0 Å². The second-order valence-corrected chi connectivity index (χ2v) is 6.08. The Balaban J connectivity index is 1.98. The molecule has 0 saturated heterocycles. The molecule has 21 heavy (non-hydrogen) atoms. The molecule has 3 heteroatoms. The van der Waals surface area contributed by atoms with Gasteiger partial charge in [-0.05, 0) is 70.7 Å². The van der Waals surface area contributed by atoms with Crippen molar-refractivity contribution < 1.29 is 4.79 Å². The summed E-state index contributed by atoms with van der Waals surface area (Å²) in [6.45, 7) is 9.55. The molecule has 1 aliphatic rings. The molecule has 0 unspecified atom stereocenters. The Morgan fingerprint density at radius 1 is 1.33 bits per heavy atom. The third-order valence-electron chi connectivity index (χ3n) is 4.01. The van der Waals surface area contributed by atoms with Gasteiger partial charge < -0.3 is 10.2 Å². The standard InChI is InChI=1S/C18H26N2O/c1-5-20(13(2)3)17-10-8-16(9-11-17)19-18(21)12-14(4)15-6-7-15/h8-13,15H,5-7H2,1-4H3,(H,19,21)/b14-12+. The van der Waals surface area contributed by atoms with Crippen molar-refractivity contribution in [3.05, 3.63) is 35.9 Å². The van der Waals surface area contributed by atoms with Gasteiger partial charge in [-0.25, -0.2) is 0 Å². The Kier molecular flexibility index (Phi) is 5.05. The minimum absolute atomic E-state index is 0.0247. The van der Waals surface area contributed by atoms with Gasteiger partial charge >= 0.3 is 0 Å². The van der Waals surface area contributed by atoms with E-state index in [1.54, 1.807) is 6.08 Å². The van der Waals surface area contributed by atoms with Crippen LogP contribution in [0.25, 0.3) is 0 Å². The molecular weight excluding hydrogens is 260 g/mol. The summed E-state index contributed by atoms with van der Waals surface area (Å²) in [5, 5.41) is 2.94. The SMILES string of the molecule is CCN(c1ccc(NC(=O)/C=C(\C)C2CC2)cc1)C(C)C. The molecule has 0 aromatic heterocycles. The van der Waals surface area contributed by atoms with Crippen molar-refractivity contribution >= 4 is 17.3 Å². The zero-order valence-corrected chi connectivity index (χ0v) is 13.5. The molecule has 0 spiro atoms. The molecule has 0 aliphatic heterocycles. The lowest BCUT2D eigenvalue weighted by molar-refractivity contribution is -0.112. The van der Waals surface area contributed by atoms with Gasteiger partial charge in [-0.1, -0.05) is 5.57 Å². The number of allylic oxidation sites excluding steroid dienone is 1. The fraction of sp³-hybridized carbons (Fsp3) is 0.500. The van der Waals surface area contributed by atoms with Crippen LogP contribution in [-0.4, -0.2) is 18.5 Å². The number of amides is 1. The highest BCUT2D eigenvalue weighted by molar-refractivity contribution is 5.99. The number of nitrogens with zero attached hydrogens (tertiary/aromatic N) is 1. The van der Waals surface area contributed by atoms with Crippen molar-refractivity contribution in [1.82, 2.24) is 0 Å². The maximum Gasteiger partial charge on any atom is 0.248 e. The minimum Gasteiger partial charge on any atom is -0.369 e. The smallest absolute Gasteiger partial charge is 0.248 e. The maximum absolute atomic E-state index is 11.9. The number of hydrogen-bond acceptors (Lipinski definition) is 2. The maximum atomic E-state index is 11.9. The second kappa shape index (κ2) is 6.79. The van der Waals surface area contributed by atoms with Crippen molar-refractivity contribution in [2.75, 3.05) is 16.8 Å². The van der Waals surface area contributed by atoms with Crippen LogP contribution in [0.2, 0.25) is 0 Å². The summed E-state index contributed by atoms with van der Waals surface area (Å²) in [4.78, 5) is 14.3. The lowest BCUT2D eigenvalue weighted by Crippen LogP contribution is -2.30. The van der Waals surface area contributed by atoms with Gasteiger partial charge in [0.15, 0.2) is 0 Å². The van der Waals surface area contributed by atoms with Crippen LogP contribution in [0.4, 0.5) is 11.4 Å². The summed E-state index contributed by atoms with van der Waals surface area (Å²) in [6.07, 6.45) is 4.19. The molecule has 2 rings (SSSR count). The molecule has 0 radical (unpaired) electrons. The molecule has 1 saturated carbocycles. The summed E-state index contributed by atoms with van der Waals surface area (Å²) in [5.41, 5.74) is 3.24. The van der Waals surface area contributed by atoms with E-state index in [1.807, 2.05) is 19.1 Å². The molecule has 1 aromatic carbocycles. The first-order valence-corrected chi connectivity index (χ1v) is 7.87. The minimum atomic E-state index is -0.0247. The topological polar surface area (TPSA) is 32.3 Å². The molecule has 1 fully saturated rings. The van der Waals surface area contributed by atoms with Gasteiger partial charge in [0.1, 0.15) is 0 Å². The summed E-state index contributed by atoms with van der Waals surface area (Å²) in [5.74, 6) is 0.616. The molecule has 3 nitrogen and oxygen atoms in total. The number of carbonyl (C=O) groups is 1. The van der Waals surface area contributed by atoms with Gasteiger partial charge in [-0.3, -0.25) is 4.79 Å². The van der Waals surface area contributed by atoms with E-state index in [0.717, 1.165) is 12.2 Å². The van der Waals surface area contributed by atoms with Crippen molar-refractivity contribution in [2.24, 2.45) is 5.92 Å². The summed E-state index contributed by atoms with van der Waals surface area (Å²) in [6, 6.07) is 8.55. The summed E-state index contributed by atoms with van der Waals surface area (Å²) >= 11 is 0. The molecule has 1 amide bonds. The fourth-order valence-electron chi connectivity index (χ4n) is 2.62. The Morgan fingerprint density at radius 3 is 2.43 bits per heavy atom. The van der Waals surface area contributed by atoms with Crippen LogP contribution in [0, 0.1) is 5.92 Å². The molecule has 1 aliphatic carbocycles. The zero-order chi connectivity index (χ0) is 15.4. The number of rotatable bonds is 6. The Labute approximate surface area is 128 Å². The average molecular weight is 286 g/mol. The van der Waals surface area contributed by atoms with E-state index in [9.17, 15) is 4.79 Å². The van der Waals surface area contributed by atoms with Crippen LogP contribution in [0.3, 0.4) is 0 Å². The number of anilines is 2. The van der Waals surface area contributed by atoms with Gasteiger partial charge in [0.25, 0.3) is 0 Å². The zero-order valence-electron chi connectivity index (χ0n) is 13.5. The van der Waals surface area contributed by atoms with E-state index >= 15 is 0 Å². The summed E-state index contributed by atoms with van der Waals surface area (Å²) in [7, 11) is 0. The largest absolute Gasteiger partial charge is 0.369 e. The molecule has 114 valence electrons.